The van der Waals surface area contributed by atoms with Crippen LogP contribution in [0.5, 0.6) is 0 Å². The van der Waals surface area contributed by atoms with Gasteiger partial charge in [-0.1, -0.05) is 152 Å². The third-order valence-electron chi connectivity index (χ3n) is 13.2. The van der Waals surface area contributed by atoms with Gasteiger partial charge in [-0.15, -0.1) is 0 Å². The minimum absolute atomic E-state index is 0.562. The Labute approximate surface area is 372 Å². The van der Waals surface area contributed by atoms with E-state index in [9.17, 15) is 0 Å². The first-order chi connectivity index (χ1) is 32.2. The molecule has 14 rings (SSSR count). The van der Waals surface area contributed by atoms with Crippen molar-refractivity contribution in [3.8, 4) is 40.1 Å². The predicted molar refractivity (Wildman–Crippen MR) is 269 cm³/mol. The molecule has 0 fully saturated rings. The van der Waals surface area contributed by atoms with Crippen LogP contribution in [0.1, 0.15) is 0 Å². The van der Waals surface area contributed by atoms with E-state index in [1.54, 1.807) is 0 Å². The van der Waals surface area contributed by atoms with Gasteiger partial charge in [-0.25, -0.2) is 4.98 Å². The fraction of sp³-hybridized carbons (Fsp3) is 0. The molecular weight excluding hydrogens is 793 g/mol. The standard InChI is InChI=1S/C59H36N6/c1-2-19-43(20-3-1)63-47-24-11-9-22-45(47)55-52(63)33-34-53-56(55)46-23-10-12-25-48(46)64(53)50-27-14-28-51-54(50)44-21-8-13-26-49(44)65(51)59-61-57(41-31-29-37-15-4-6-17-39(37)35-41)60-58(62-59)42-32-30-38-16-5-7-18-40(38)36-42/h1-36H. The zero-order valence-electron chi connectivity index (χ0n) is 35.0. The van der Waals surface area contributed by atoms with E-state index < -0.39 is 0 Å². The van der Waals surface area contributed by atoms with E-state index in [1.165, 1.54) is 43.4 Å². The highest BCUT2D eigenvalue weighted by Crippen LogP contribution is 2.44. The molecule has 4 heterocycles. The number of rotatable bonds is 5. The third-order valence-corrected chi connectivity index (χ3v) is 13.2. The summed E-state index contributed by atoms with van der Waals surface area (Å²) in [5.41, 5.74) is 10.8. The Hall–Kier alpha value is -8.87. The number of nitrogens with zero attached hydrogens (tertiary/aromatic N) is 6. The fourth-order valence-electron chi connectivity index (χ4n) is 10.4. The van der Waals surface area contributed by atoms with Crippen LogP contribution in [0, 0.1) is 0 Å². The summed E-state index contributed by atoms with van der Waals surface area (Å²) in [7, 11) is 0. The first-order valence-corrected chi connectivity index (χ1v) is 22.0. The maximum absolute atomic E-state index is 5.36. The van der Waals surface area contributed by atoms with Crippen molar-refractivity contribution in [3.63, 3.8) is 0 Å². The van der Waals surface area contributed by atoms with Crippen LogP contribution < -0.4 is 0 Å². The van der Waals surface area contributed by atoms with Crippen LogP contribution in [-0.2, 0) is 0 Å². The third kappa shape index (κ3) is 5.31. The maximum Gasteiger partial charge on any atom is 0.238 e. The molecule has 0 spiro atoms. The van der Waals surface area contributed by atoms with Gasteiger partial charge >= 0.3 is 0 Å². The van der Waals surface area contributed by atoms with Crippen molar-refractivity contribution in [2.45, 2.75) is 0 Å². The molecule has 0 aliphatic rings. The summed E-state index contributed by atoms with van der Waals surface area (Å²) in [6.45, 7) is 0. The van der Waals surface area contributed by atoms with Gasteiger partial charge in [0.05, 0.1) is 38.8 Å². The smallest absolute Gasteiger partial charge is 0.238 e. The van der Waals surface area contributed by atoms with Gasteiger partial charge in [0.2, 0.25) is 5.95 Å². The SMILES string of the molecule is c1ccc(-n2c3ccccc3c3c4c5ccccc5n(-c5cccc6c5c5ccccc5n6-c5nc(-c6ccc7ccccc7c6)nc(-c6ccc7ccccc7c6)n5)c4ccc32)cc1. The van der Waals surface area contributed by atoms with Crippen LogP contribution in [0.2, 0.25) is 0 Å². The number of aromatic nitrogens is 6. The van der Waals surface area contributed by atoms with Crippen molar-refractivity contribution in [2.24, 2.45) is 0 Å². The first-order valence-electron chi connectivity index (χ1n) is 22.0. The number of hydrogen-bond acceptors (Lipinski definition) is 3. The van der Waals surface area contributed by atoms with Gasteiger partial charge < -0.3 is 9.13 Å². The van der Waals surface area contributed by atoms with Crippen LogP contribution in [0.25, 0.3) is 127 Å². The molecule has 0 unspecified atom stereocenters. The normalized spacial score (nSPS) is 12.0. The second kappa shape index (κ2) is 13.8. The predicted octanol–water partition coefficient (Wildman–Crippen LogP) is 14.8. The van der Waals surface area contributed by atoms with Gasteiger partial charge in [-0.2, -0.15) is 9.97 Å². The number of benzene rings is 10. The van der Waals surface area contributed by atoms with Gasteiger partial charge in [0.15, 0.2) is 11.6 Å². The summed E-state index contributed by atoms with van der Waals surface area (Å²) >= 11 is 0. The largest absolute Gasteiger partial charge is 0.309 e. The highest BCUT2D eigenvalue weighted by molar-refractivity contribution is 6.29. The van der Waals surface area contributed by atoms with Crippen molar-refractivity contribution in [1.29, 1.82) is 0 Å². The Bertz CT molecular complexity index is 4150. The molecule has 302 valence electrons. The monoisotopic (exact) mass is 828 g/mol. The molecule has 14 aromatic rings. The van der Waals surface area contributed by atoms with E-state index >= 15 is 0 Å². The molecule has 10 aromatic carbocycles. The molecular formula is C59H36N6. The van der Waals surface area contributed by atoms with Crippen LogP contribution in [0.4, 0.5) is 0 Å². The second-order valence-electron chi connectivity index (χ2n) is 16.8. The lowest BCUT2D eigenvalue weighted by atomic mass is 10.1. The molecule has 0 radical (unpaired) electrons. The topological polar surface area (TPSA) is 53.5 Å². The van der Waals surface area contributed by atoms with Gasteiger partial charge in [0, 0.05) is 49.1 Å². The summed E-state index contributed by atoms with van der Waals surface area (Å²) in [5.74, 6) is 1.80. The first kappa shape index (κ1) is 35.7. The molecule has 0 bridgehead atoms. The molecule has 0 amide bonds. The quantitative estimate of drug-likeness (QED) is 0.174. The number of para-hydroxylation sites is 4. The Kier molecular flexibility index (Phi) is 7.59. The number of fused-ring (bicyclic) bond motifs is 12. The van der Waals surface area contributed by atoms with Gasteiger partial charge in [-0.3, -0.25) is 4.57 Å². The van der Waals surface area contributed by atoms with E-state index in [-0.39, 0.29) is 0 Å². The fourth-order valence-corrected chi connectivity index (χ4v) is 10.4. The van der Waals surface area contributed by atoms with Gasteiger partial charge in [0.25, 0.3) is 0 Å². The summed E-state index contributed by atoms with van der Waals surface area (Å²) in [5, 5.41) is 11.8. The minimum Gasteiger partial charge on any atom is -0.309 e. The molecule has 6 heteroatoms. The Morgan fingerprint density at radius 2 is 0.723 bits per heavy atom. The van der Waals surface area contributed by atoms with Crippen molar-refractivity contribution in [3.05, 3.63) is 218 Å². The summed E-state index contributed by atoms with van der Waals surface area (Å²) in [6, 6.07) is 78.0. The Morgan fingerprint density at radius 1 is 0.277 bits per heavy atom. The lowest BCUT2D eigenvalue weighted by Gasteiger charge is -2.13. The number of hydrogen-bond donors (Lipinski definition) is 0. The molecule has 0 atom stereocenters. The molecule has 65 heavy (non-hydrogen) atoms. The second-order valence-corrected chi connectivity index (χ2v) is 16.8. The van der Waals surface area contributed by atoms with Crippen molar-refractivity contribution < 1.29 is 0 Å². The summed E-state index contributed by atoms with van der Waals surface area (Å²) in [4.78, 5) is 15.9. The lowest BCUT2D eigenvalue weighted by molar-refractivity contribution is 0.953. The molecule has 0 aliphatic heterocycles. The lowest BCUT2D eigenvalue weighted by Crippen LogP contribution is -2.06. The minimum atomic E-state index is 0.562. The Morgan fingerprint density at radius 3 is 1.32 bits per heavy atom. The van der Waals surface area contributed by atoms with Crippen LogP contribution >= 0.6 is 0 Å². The van der Waals surface area contributed by atoms with E-state index in [0.29, 0.717) is 17.6 Å². The average molecular weight is 829 g/mol. The van der Waals surface area contributed by atoms with Crippen LogP contribution in [0.3, 0.4) is 0 Å². The zero-order valence-corrected chi connectivity index (χ0v) is 35.0. The van der Waals surface area contributed by atoms with Crippen molar-refractivity contribution in [2.75, 3.05) is 0 Å². The van der Waals surface area contributed by atoms with Gasteiger partial charge in [0.1, 0.15) is 0 Å². The molecule has 0 saturated carbocycles. The van der Waals surface area contributed by atoms with E-state index in [0.717, 1.165) is 66.1 Å². The highest BCUT2D eigenvalue weighted by Gasteiger charge is 2.24. The van der Waals surface area contributed by atoms with E-state index in [4.69, 9.17) is 15.0 Å². The summed E-state index contributed by atoms with van der Waals surface area (Å²) in [6.07, 6.45) is 0. The van der Waals surface area contributed by atoms with Crippen LogP contribution in [0.15, 0.2) is 218 Å². The average Bonchev–Trinajstić information content (AvgIpc) is 4.02. The van der Waals surface area contributed by atoms with Crippen LogP contribution in [-0.4, -0.2) is 28.7 Å². The van der Waals surface area contributed by atoms with E-state index in [2.05, 4.69) is 232 Å². The molecule has 0 aliphatic carbocycles. The van der Waals surface area contributed by atoms with Crippen molar-refractivity contribution in [1.82, 2.24) is 28.7 Å². The zero-order chi connectivity index (χ0) is 42.6. The molecule has 0 N–H and O–H groups in total. The Balaban J connectivity index is 1.05. The molecule has 0 saturated heterocycles. The van der Waals surface area contributed by atoms with Gasteiger partial charge in [-0.05, 0) is 88.3 Å². The molecule has 6 nitrogen and oxygen atoms in total. The highest BCUT2D eigenvalue weighted by atomic mass is 15.2. The summed E-state index contributed by atoms with van der Waals surface area (Å²) < 4.78 is 7.09. The van der Waals surface area contributed by atoms with Crippen molar-refractivity contribution >= 4 is 87.0 Å². The molecule has 4 aromatic heterocycles. The van der Waals surface area contributed by atoms with E-state index in [1.807, 2.05) is 0 Å². The maximum atomic E-state index is 5.36.